The number of aromatic nitrogens is 3. The van der Waals surface area contributed by atoms with Gasteiger partial charge in [-0.2, -0.15) is 18.2 Å². The van der Waals surface area contributed by atoms with E-state index in [0.29, 0.717) is 22.2 Å². The topological polar surface area (TPSA) is 80.0 Å². The van der Waals surface area contributed by atoms with Gasteiger partial charge in [0.25, 0.3) is 0 Å². The Balaban J connectivity index is 1.58. The molecule has 30 heavy (non-hydrogen) atoms. The monoisotopic (exact) mass is 412 g/mol. The summed E-state index contributed by atoms with van der Waals surface area (Å²) in [4.78, 5) is 19.7. The van der Waals surface area contributed by atoms with Crippen LogP contribution in [0.3, 0.4) is 0 Å². The average Bonchev–Trinajstić information content (AvgIpc) is 2.75. The third-order valence-electron chi connectivity index (χ3n) is 4.56. The maximum absolute atomic E-state index is 12.8. The van der Waals surface area contributed by atoms with Gasteiger partial charge in [0, 0.05) is 12.7 Å². The molecule has 0 saturated carbocycles. The number of fused-ring (bicyclic) bond motifs is 1. The van der Waals surface area contributed by atoms with Crippen LogP contribution < -0.4 is 11.0 Å². The first-order chi connectivity index (χ1) is 14.3. The van der Waals surface area contributed by atoms with E-state index >= 15 is 0 Å². The number of rotatable bonds is 4. The van der Waals surface area contributed by atoms with Gasteiger partial charge < -0.3 is 10.5 Å². The first-order valence-electron chi connectivity index (χ1n) is 8.90. The maximum atomic E-state index is 12.8. The molecule has 0 radical (unpaired) electrons. The van der Waals surface area contributed by atoms with Crippen molar-refractivity contribution < 1.29 is 18.4 Å². The average molecular weight is 412 g/mol. The van der Waals surface area contributed by atoms with Crippen molar-refractivity contribution in [2.75, 3.05) is 5.32 Å². The number of anilines is 1. The van der Waals surface area contributed by atoms with Crippen molar-refractivity contribution in [2.45, 2.75) is 12.7 Å². The Hall–Kier alpha value is -3.88. The van der Waals surface area contributed by atoms with E-state index in [1.807, 2.05) is 12.1 Å². The van der Waals surface area contributed by atoms with Gasteiger partial charge in [0.2, 0.25) is 0 Å². The molecule has 4 aromatic rings. The Bertz CT molecular complexity index is 1270. The van der Waals surface area contributed by atoms with Gasteiger partial charge in [-0.3, -0.25) is 0 Å². The minimum Gasteiger partial charge on any atom is -0.422 e. The predicted molar refractivity (Wildman–Crippen MR) is 105 cm³/mol. The molecule has 152 valence electrons. The molecular weight excluding hydrogens is 397 g/mol. The van der Waals surface area contributed by atoms with E-state index in [1.165, 1.54) is 18.3 Å². The highest BCUT2D eigenvalue weighted by atomic mass is 19.4. The first kappa shape index (κ1) is 19.4. The molecule has 0 saturated heterocycles. The molecule has 2 heterocycles. The van der Waals surface area contributed by atoms with Gasteiger partial charge in [0.15, 0.2) is 5.65 Å². The van der Waals surface area contributed by atoms with Gasteiger partial charge in [-0.1, -0.05) is 30.3 Å². The normalized spacial score (nSPS) is 11.6. The highest BCUT2D eigenvalue weighted by Crippen LogP contribution is 2.31. The standard InChI is InChI=1S/C21H15F3N4O2/c22-21(23,24)16-8-6-14(7-9-16)15-4-1-3-13(11-15)12-26-18-17-5-2-10-25-19(17)28(30)20(29)27-18/h1-11,30H,12H2,(H,26,27,29). The summed E-state index contributed by atoms with van der Waals surface area (Å²) in [5, 5.41) is 13.3. The Morgan fingerprint density at radius 3 is 2.50 bits per heavy atom. The second-order valence-corrected chi connectivity index (χ2v) is 6.56. The molecule has 6 nitrogen and oxygen atoms in total. The fourth-order valence-corrected chi connectivity index (χ4v) is 3.08. The van der Waals surface area contributed by atoms with Gasteiger partial charge in [-0.05, 0) is 47.0 Å². The molecule has 0 spiro atoms. The lowest BCUT2D eigenvalue weighted by Crippen LogP contribution is -2.23. The van der Waals surface area contributed by atoms with Gasteiger partial charge in [-0.15, -0.1) is 4.73 Å². The van der Waals surface area contributed by atoms with E-state index < -0.39 is 17.4 Å². The molecule has 0 amide bonds. The Morgan fingerprint density at radius 2 is 1.77 bits per heavy atom. The third kappa shape index (κ3) is 3.82. The van der Waals surface area contributed by atoms with Crippen LogP contribution in [0.5, 0.6) is 0 Å². The quantitative estimate of drug-likeness (QED) is 0.488. The Morgan fingerprint density at radius 1 is 1.00 bits per heavy atom. The second kappa shape index (κ2) is 7.51. The number of benzene rings is 2. The molecule has 4 rings (SSSR count). The zero-order valence-electron chi connectivity index (χ0n) is 15.4. The highest BCUT2D eigenvalue weighted by molar-refractivity contribution is 5.86. The van der Waals surface area contributed by atoms with E-state index in [2.05, 4.69) is 15.3 Å². The van der Waals surface area contributed by atoms with Gasteiger partial charge in [0.05, 0.1) is 10.9 Å². The SMILES string of the molecule is O=c1nc(NCc2cccc(-c3ccc(C(F)(F)F)cc3)c2)c2cccnc2n1O. The van der Waals surface area contributed by atoms with Crippen LogP contribution in [-0.4, -0.2) is 19.9 Å². The minimum absolute atomic E-state index is 0.0819. The molecule has 0 fully saturated rings. The second-order valence-electron chi connectivity index (χ2n) is 6.56. The van der Waals surface area contributed by atoms with Gasteiger partial charge >= 0.3 is 11.9 Å². The van der Waals surface area contributed by atoms with Crippen LogP contribution >= 0.6 is 0 Å². The van der Waals surface area contributed by atoms with Crippen LogP contribution in [0, 0.1) is 0 Å². The molecule has 2 aromatic carbocycles. The molecule has 2 N–H and O–H groups in total. The third-order valence-corrected chi connectivity index (χ3v) is 4.56. The van der Waals surface area contributed by atoms with Crippen LogP contribution in [-0.2, 0) is 12.7 Å². The van der Waals surface area contributed by atoms with Crippen molar-refractivity contribution in [1.29, 1.82) is 0 Å². The maximum Gasteiger partial charge on any atom is 0.416 e. The smallest absolute Gasteiger partial charge is 0.416 e. The predicted octanol–water partition coefficient (Wildman–Crippen LogP) is 4.33. The molecule has 2 aromatic heterocycles. The first-order valence-corrected chi connectivity index (χ1v) is 8.90. The summed E-state index contributed by atoms with van der Waals surface area (Å²) in [6, 6.07) is 15.6. The molecule has 9 heteroatoms. The van der Waals surface area contributed by atoms with Crippen LogP contribution in [0.4, 0.5) is 19.0 Å². The number of nitrogens with one attached hydrogen (secondary N) is 1. The molecule has 0 atom stereocenters. The lowest BCUT2D eigenvalue weighted by molar-refractivity contribution is -0.137. The van der Waals surface area contributed by atoms with E-state index in [0.717, 1.165) is 23.3 Å². The molecule has 0 bridgehead atoms. The van der Waals surface area contributed by atoms with Crippen LogP contribution in [0.2, 0.25) is 0 Å². The highest BCUT2D eigenvalue weighted by Gasteiger charge is 2.29. The summed E-state index contributed by atoms with van der Waals surface area (Å²) in [7, 11) is 0. The number of hydrogen-bond donors (Lipinski definition) is 2. The van der Waals surface area contributed by atoms with E-state index in [9.17, 15) is 23.2 Å². The summed E-state index contributed by atoms with van der Waals surface area (Å²) in [5.74, 6) is 0.272. The van der Waals surface area contributed by atoms with Gasteiger partial charge in [-0.25, -0.2) is 9.78 Å². The van der Waals surface area contributed by atoms with Crippen molar-refractivity contribution in [3.05, 3.63) is 88.5 Å². The molecular formula is C21H15F3N4O2. The van der Waals surface area contributed by atoms with Crippen LogP contribution in [0.25, 0.3) is 22.2 Å². The summed E-state index contributed by atoms with van der Waals surface area (Å²) >= 11 is 0. The van der Waals surface area contributed by atoms with Crippen molar-refractivity contribution in [2.24, 2.45) is 0 Å². The van der Waals surface area contributed by atoms with Crippen molar-refractivity contribution in [3.8, 4) is 11.1 Å². The van der Waals surface area contributed by atoms with Crippen molar-refractivity contribution >= 4 is 16.9 Å². The van der Waals surface area contributed by atoms with Crippen molar-refractivity contribution in [1.82, 2.24) is 14.7 Å². The van der Waals surface area contributed by atoms with Crippen LogP contribution in [0.1, 0.15) is 11.1 Å². The fraction of sp³-hybridized carbons (Fsp3) is 0.0952. The number of hydrogen-bond acceptors (Lipinski definition) is 5. The summed E-state index contributed by atoms with van der Waals surface area (Å²) < 4.78 is 38.6. The lowest BCUT2D eigenvalue weighted by atomic mass is 10.0. The van der Waals surface area contributed by atoms with Crippen LogP contribution in [0.15, 0.2) is 71.7 Å². The fourth-order valence-electron chi connectivity index (χ4n) is 3.08. The zero-order valence-corrected chi connectivity index (χ0v) is 15.4. The summed E-state index contributed by atoms with van der Waals surface area (Å²) in [6.45, 7) is 0.306. The van der Waals surface area contributed by atoms with Gasteiger partial charge in [0.1, 0.15) is 5.82 Å². The number of pyridine rings is 1. The molecule has 0 unspecified atom stereocenters. The minimum atomic E-state index is -4.38. The lowest BCUT2D eigenvalue weighted by Gasteiger charge is -2.11. The van der Waals surface area contributed by atoms with Crippen molar-refractivity contribution in [3.63, 3.8) is 0 Å². The van der Waals surface area contributed by atoms with E-state index in [-0.39, 0.29) is 11.5 Å². The van der Waals surface area contributed by atoms with E-state index in [1.54, 1.807) is 24.3 Å². The molecule has 0 aliphatic heterocycles. The summed E-state index contributed by atoms with van der Waals surface area (Å²) in [6.07, 6.45) is -2.93. The number of halogens is 3. The molecule has 0 aliphatic rings. The number of alkyl halides is 3. The summed E-state index contributed by atoms with van der Waals surface area (Å²) in [5.41, 5.74) is 0.767. The zero-order chi connectivity index (χ0) is 21.3. The Kier molecular flexibility index (Phi) is 4.86. The molecule has 0 aliphatic carbocycles. The van der Waals surface area contributed by atoms with E-state index in [4.69, 9.17) is 0 Å². The number of nitrogens with zero attached hydrogens (tertiary/aromatic N) is 3. The largest absolute Gasteiger partial charge is 0.422 e. The Labute approximate surface area is 168 Å².